The van der Waals surface area contributed by atoms with Crippen molar-refractivity contribution in [3.05, 3.63) is 114 Å². The first kappa shape index (κ1) is 27.3. The van der Waals surface area contributed by atoms with E-state index in [0.29, 0.717) is 39.1 Å². The van der Waals surface area contributed by atoms with Crippen molar-refractivity contribution >= 4 is 17.9 Å². The van der Waals surface area contributed by atoms with E-state index < -0.39 is 0 Å². The van der Waals surface area contributed by atoms with Gasteiger partial charge in [0.05, 0.1) is 6.04 Å². The second kappa shape index (κ2) is 14.3. The Bertz CT molecular complexity index is 1130. The zero-order valence-electron chi connectivity index (χ0n) is 21.8. The van der Waals surface area contributed by atoms with Gasteiger partial charge in [-0.25, -0.2) is 0 Å². The molecule has 0 bridgehead atoms. The Morgan fingerprint density at radius 3 is 2.18 bits per heavy atom. The number of hydrogen-bond donors (Lipinski definition) is 3. The zero-order chi connectivity index (χ0) is 26.6. The first-order valence-electron chi connectivity index (χ1n) is 13.5. The minimum absolute atomic E-state index is 0.0543. The molecule has 0 aliphatic carbocycles. The summed E-state index contributed by atoms with van der Waals surface area (Å²) in [5.74, 6) is 0.108. The van der Waals surface area contributed by atoms with Gasteiger partial charge in [-0.2, -0.15) is 0 Å². The molecule has 1 aliphatic heterocycles. The van der Waals surface area contributed by atoms with Gasteiger partial charge in [-0.05, 0) is 42.2 Å². The van der Waals surface area contributed by atoms with Gasteiger partial charge < -0.3 is 21.3 Å². The molecule has 0 saturated carbocycles. The molecular formula is C32H38N4O2. The van der Waals surface area contributed by atoms with E-state index in [-0.39, 0.29) is 29.7 Å². The predicted octanol–water partition coefficient (Wildman–Crippen LogP) is 3.80. The van der Waals surface area contributed by atoms with E-state index in [0.717, 1.165) is 12.0 Å². The fourth-order valence-electron chi connectivity index (χ4n) is 4.97. The topological polar surface area (TPSA) is 87.5 Å². The number of nitrogens with zero attached hydrogens (tertiary/aromatic N) is 1. The molecule has 2 amide bonds. The quantitative estimate of drug-likeness (QED) is 0.343. The van der Waals surface area contributed by atoms with E-state index in [1.165, 1.54) is 11.1 Å². The summed E-state index contributed by atoms with van der Waals surface area (Å²) in [5.41, 5.74) is 9.11. The minimum atomic E-state index is -0.274. The molecule has 0 spiro atoms. The van der Waals surface area contributed by atoms with Crippen molar-refractivity contribution < 1.29 is 9.59 Å². The van der Waals surface area contributed by atoms with Crippen LogP contribution in [0.4, 0.5) is 0 Å². The van der Waals surface area contributed by atoms with Crippen molar-refractivity contribution in [1.82, 2.24) is 15.5 Å². The number of hydrogen-bond acceptors (Lipinski definition) is 4. The third-order valence-corrected chi connectivity index (χ3v) is 7.04. The summed E-state index contributed by atoms with van der Waals surface area (Å²) in [4.78, 5) is 28.2. The Kier molecular flexibility index (Phi) is 10.2. The highest BCUT2D eigenvalue weighted by Crippen LogP contribution is 2.27. The van der Waals surface area contributed by atoms with Crippen molar-refractivity contribution in [2.75, 3.05) is 32.7 Å². The summed E-state index contributed by atoms with van der Waals surface area (Å²) in [6.07, 6.45) is 4.85. The van der Waals surface area contributed by atoms with Crippen molar-refractivity contribution in [2.45, 2.75) is 24.8 Å². The van der Waals surface area contributed by atoms with Crippen molar-refractivity contribution in [2.24, 2.45) is 11.7 Å². The maximum Gasteiger partial charge on any atom is 0.244 e. The smallest absolute Gasteiger partial charge is 0.244 e. The van der Waals surface area contributed by atoms with Crippen LogP contribution in [0.3, 0.4) is 0 Å². The average molecular weight is 511 g/mol. The Balaban J connectivity index is 1.49. The second-order valence-electron chi connectivity index (χ2n) is 9.86. The number of nitrogens with one attached hydrogen (secondary N) is 2. The molecule has 3 aromatic rings. The molecule has 0 aromatic heterocycles. The van der Waals surface area contributed by atoms with Crippen LogP contribution in [0, 0.1) is 5.92 Å². The van der Waals surface area contributed by atoms with E-state index in [1.807, 2.05) is 77.7 Å². The highest BCUT2D eigenvalue weighted by Gasteiger charge is 2.32. The number of benzene rings is 3. The van der Waals surface area contributed by atoms with Crippen LogP contribution in [-0.4, -0.2) is 55.5 Å². The lowest BCUT2D eigenvalue weighted by Crippen LogP contribution is -2.45. The molecule has 4 N–H and O–H groups in total. The summed E-state index contributed by atoms with van der Waals surface area (Å²) >= 11 is 0. The molecule has 6 heteroatoms. The predicted molar refractivity (Wildman–Crippen MR) is 153 cm³/mol. The number of carbonyl (C=O) groups is 2. The summed E-state index contributed by atoms with van der Waals surface area (Å²) < 4.78 is 0. The molecular weight excluding hydrogens is 472 g/mol. The molecule has 0 unspecified atom stereocenters. The van der Waals surface area contributed by atoms with Crippen LogP contribution < -0.4 is 16.4 Å². The van der Waals surface area contributed by atoms with Crippen LogP contribution in [0.25, 0.3) is 6.08 Å². The lowest BCUT2D eigenvalue weighted by Gasteiger charge is -2.30. The van der Waals surface area contributed by atoms with Crippen molar-refractivity contribution in [1.29, 1.82) is 0 Å². The minimum Gasteiger partial charge on any atom is -0.352 e. The Morgan fingerprint density at radius 2 is 1.58 bits per heavy atom. The molecule has 1 aliphatic rings. The van der Waals surface area contributed by atoms with Gasteiger partial charge in [0.15, 0.2) is 0 Å². The molecule has 4 rings (SSSR count). The maximum absolute atomic E-state index is 13.7. The largest absolute Gasteiger partial charge is 0.352 e. The van der Waals surface area contributed by atoms with E-state index in [9.17, 15) is 9.59 Å². The molecule has 3 aromatic carbocycles. The highest BCUT2D eigenvalue weighted by atomic mass is 16.2. The Hall–Kier alpha value is -3.74. The van der Waals surface area contributed by atoms with E-state index in [4.69, 9.17) is 5.73 Å². The van der Waals surface area contributed by atoms with Gasteiger partial charge in [0.1, 0.15) is 0 Å². The summed E-state index contributed by atoms with van der Waals surface area (Å²) in [6.45, 7) is 2.84. The lowest BCUT2D eigenvalue weighted by atomic mass is 9.90. The van der Waals surface area contributed by atoms with Gasteiger partial charge in [-0.15, -0.1) is 0 Å². The summed E-state index contributed by atoms with van der Waals surface area (Å²) in [5, 5.41) is 6.50. The normalized spacial score (nSPS) is 18.1. The third kappa shape index (κ3) is 7.88. The molecule has 1 heterocycles. The van der Waals surface area contributed by atoms with Crippen LogP contribution in [0.1, 0.15) is 35.4 Å². The van der Waals surface area contributed by atoms with E-state index in [2.05, 4.69) is 34.9 Å². The number of amides is 2. The number of carbonyl (C=O) groups excluding carboxylic acids is 2. The zero-order valence-corrected chi connectivity index (χ0v) is 21.8. The fourth-order valence-corrected chi connectivity index (χ4v) is 4.97. The van der Waals surface area contributed by atoms with Crippen molar-refractivity contribution in [3.63, 3.8) is 0 Å². The van der Waals surface area contributed by atoms with Gasteiger partial charge in [-0.1, -0.05) is 91.0 Å². The van der Waals surface area contributed by atoms with Gasteiger partial charge in [0.25, 0.3) is 0 Å². The molecule has 6 nitrogen and oxygen atoms in total. The molecule has 1 saturated heterocycles. The lowest BCUT2D eigenvalue weighted by molar-refractivity contribution is -0.133. The first-order valence-corrected chi connectivity index (χ1v) is 13.5. The third-order valence-electron chi connectivity index (χ3n) is 7.04. The first-order chi connectivity index (χ1) is 18.6. The van der Waals surface area contributed by atoms with Crippen molar-refractivity contribution in [3.8, 4) is 0 Å². The van der Waals surface area contributed by atoms with Gasteiger partial charge in [0, 0.05) is 44.1 Å². The van der Waals surface area contributed by atoms with Crippen LogP contribution in [0.15, 0.2) is 97.1 Å². The average Bonchev–Trinajstić information content (AvgIpc) is 3.12. The highest BCUT2D eigenvalue weighted by molar-refractivity contribution is 5.91. The second-order valence-corrected chi connectivity index (χ2v) is 9.86. The molecule has 2 atom stereocenters. The van der Waals surface area contributed by atoms with Crippen LogP contribution >= 0.6 is 0 Å². The van der Waals surface area contributed by atoms with E-state index in [1.54, 1.807) is 6.08 Å². The maximum atomic E-state index is 13.7. The Morgan fingerprint density at radius 1 is 0.974 bits per heavy atom. The van der Waals surface area contributed by atoms with Gasteiger partial charge >= 0.3 is 0 Å². The van der Waals surface area contributed by atoms with Gasteiger partial charge in [0.2, 0.25) is 11.8 Å². The molecule has 0 radical (unpaired) electrons. The summed E-state index contributed by atoms with van der Waals surface area (Å²) in [6, 6.07) is 30.2. The Labute approximate surface area is 225 Å². The van der Waals surface area contributed by atoms with Crippen LogP contribution in [0.5, 0.6) is 0 Å². The number of nitrogens with two attached hydrogens (primary N) is 1. The van der Waals surface area contributed by atoms with Crippen LogP contribution in [-0.2, 0) is 9.59 Å². The molecule has 198 valence electrons. The molecule has 1 fully saturated rings. The fraction of sp³-hybridized carbons (Fsp3) is 0.312. The standard InChI is InChI=1S/C32H38N4O2/c33-20-10-17-30-32(38)36(24-29(27-13-6-2-7-14-27)28-15-8-3-9-16-28)23-26(21-34-30)22-35-31(37)19-18-25-11-4-1-5-12-25/h1-9,11-16,18-19,26,29-30,34H,10,17,20-24,33H2,(H,35,37)/b19-18+/t26-,30-/m0/s1. The molecule has 38 heavy (non-hydrogen) atoms. The SMILES string of the molecule is NCCC[C@@H]1NC[C@@H](CNC(=O)/C=C/c2ccccc2)CN(CC(c2ccccc2)c2ccccc2)C1=O. The number of rotatable bonds is 11. The van der Waals surface area contributed by atoms with Crippen LogP contribution in [0.2, 0.25) is 0 Å². The van der Waals surface area contributed by atoms with Gasteiger partial charge in [-0.3, -0.25) is 9.59 Å². The van der Waals surface area contributed by atoms with E-state index >= 15 is 0 Å². The summed E-state index contributed by atoms with van der Waals surface area (Å²) in [7, 11) is 0. The monoisotopic (exact) mass is 510 g/mol.